The maximum atomic E-state index is 12.6. The Hall–Kier alpha value is -3.48. The number of pyridine rings is 1. The molecule has 25 heavy (non-hydrogen) atoms. The number of carbonyl (C=O) groups excluding carboxylic acids is 1. The van der Waals surface area contributed by atoms with Crippen molar-refractivity contribution in [1.82, 2.24) is 19.2 Å². The molecule has 7 nitrogen and oxygen atoms in total. The van der Waals surface area contributed by atoms with E-state index in [-0.39, 0.29) is 17.2 Å². The van der Waals surface area contributed by atoms with Crippen molar-refractivity contribution in [2.24, 2.45) is 7.05 Å². The molecule has 1 aromatic carbocycles. The third kappa shape index (κ3) is 2.37. The minimum absolute atomic E-state index is 0.178. The molecular formula is C18H15N5O2. The van der Waals surface area contributed by atoms with Crippen LogP contribution in [0.5, 0.6) is 0 Å². The van der Waals surface area contributed by atoms with Gasteiger partial charge < -0.3 is 9.88 Å². The van der Waals surface area contributed by atoms with E-state index in [0.29, 0.717) is 11.2 Å². The Labute approximate surface area is 142 Å². The number of hydrogen-bond donors (Lipinski definition) is 1. The number of nitrogens with zero attached hydrogens (tertiary/aromatic N) is 4. The largest absolute Gasteiger partial charge is 0.319 e. The van der Waals surface area contributed by atoms with E-state index in [4.69, 9.17) is 0 Å². The predicted octanol–water partition coefficient (Wildman–Crippen LogP) is 2.14. The number of aryl methyl sites for hydroxylation is 2. The highest BCUT2D eigenvalue weighted by atomic mass is 16.2. The van der Waals surface area contributed by atoms with Gasteiger partial charge in [-0.3, -0.25) is 14.6 Å². The molecule has 1 amide bonds. The van der Waals surface area contributed by atoms with Crippen LogP contribution in [0.25, 0.3) is 16.6 Å². The Morgan fingerprint density at radius 3 is 2.64 bits per heavy atom. The predicted molar refractivity (Wildman–Crippen MR) is 94.9 cm³/mol. The minimum atomic E-state index is -0.383. The molecule has 0 aliphatic heterocycles. The lowest BCUT2D eigenvalue weighted by Gasteiger charge is -2.06. The Balaban J connectivity index is 1.86. The summed E-state index contributed by atoms with van der Waals surface area (Å²) in [6, 6.07) is 10.7. The highest BCUT2D eigenvalue weighted by molar-refractivity contribution is 6.04. The average molecular weight is 333 g/mol. The SMILES string of the molecule is Cc1ccncc1NC(=O)c1cc2c(=O)n(C)c3ccccc3n2n1. The summed E-state index contributed by atoms with van der Waals surface area (Å²) in [5.41, 5.74) is 3.35. The zero-order valence-electron chi connectivity index (χ0n) is 13.7. The molecule has 3 aromatic heterocycles. The molecule has 124 valence electrons. The van der Waals surface area contributed by atoms with Gasteiger partial charge in [-0.05, 0) is 30.7 Å². The molecule has 0 bridgehead atoms. The summed E-state index contributed by atoms with van der Waals surface area (Å²) in [6.07, 6.45) is 3.24. The highest BCUT2D eigenvalue weighted by Crippen LogP contribution is 2.16. The molecule has 3 heterocycles. The molecule has 7 heteroatoms. The van der Waals surface area contributed by atoms with Crippen molar-refractivity contribution >= 4 is 28.1 Å². The molecule has 4 aromatic rings. The van der Waals surface area contributed by atoms with Crippen LogP contribution in [-0.4, -0.2) is 25.1 Å². The smallest absolute Gasteiger partial charge is 0.276 e. The van der Waals surface area contributed by atoms with E-state index < -0.39 is 0 Å². The summed E-state index contributed by atoms with van der Waals surface area (Å²) in [5.74, 6) is -0.383. The van der Waals surface area contributed by atoms with Crippen LogP contribution in [0, 0.1) is 6.92 Å². The molecule has 0 aliphatic rings. The molecule has 0 atom stereocenters. The van der Waals surface area contributed by atoms with Gasteiger partial charge in [0, 0.05) is 19.3 Å². The fourth-order valence-electron chi connectivity index (χ4n) is 2.82. The van der Waals surface area contributed by atoms with E-state index in [1.807, 2.05) is 37.3 Å². The Morgan fingerprint density at radius 1 is 1.12 bits per heavy atom. The number of fused-ring (bicyclic) bond motifs is 3. The molecule has 0 saturated carbocycles. The van der Waals surface area contributed by atoms with Crippen LogP contribution in [-0.2, 0) is 7.05 Å². The van der Waals surface area contributed by atoms with Crippen LogP contribution in [0.2, 0.25) is 0 Å². The highest BCUT2D eigenvalue weighted by Gasteiger charge is 2.16. The molecule has 4 rings (SSSR count). The van der Waals surface area contributed by atoms with Crippen LogP contribution >= 0.6 is 0 Å². The summed E-state index contributed by atoms with van der Waals surface area (Å²) >= 11 is 0. The Kier molecular flexibility index (Phi) is 3.35. The zero-order valence-corrected chi connectivity index (χ0v) is 13.7. The van der Waals surface area contributed by atoms with Crippen LogP contribution < -0.4 is 10.9 Å². The van der Waals surface area contributed by atoms with Gasteiger partial charge in [-0.1, -0.05) is 12.1 Å². The van der Waals surface area contributed by atoms with Crippen molar-refractivity contribution in [2.75, 3.05) is 5.32 Å². The molecule has 0 radical (unpaired) electrons. The number of benzene rings is 1. The van der Waals surface area contributed by atoms with Crippen LogP contribution in [0.3, 0.4) is 0 Å². The van der Waals surface area contributed by atoms with Crippen molar-refractivity contribution in [1.29, 1.82) is 0 Å². The molecule has 1 N–H and O–H groups in total. The first kappa shape index (κ1) is 15.1. The van der Waals surface area contributed by atoms with Gasteiger partial charge >= 0.3 is 0 Å². The molecule has 0 spiro atoms. The van der Waals surface area contributed by atoms with Gasteiger partial charge in [0.05, 0.1) is 22.9 Å². The topological polar surface area (TPSA) is 81.3 Å². The Morgan fingerprint density at radius 2 is 1.88 bits per heavy atom. The quantitative estimate of drug-likeness (QED) is 0.609. The first-order chi connectivity index (χ1) is 12.1. The van der Waals surface area contributed by atoms with E-state index in [0.717, 1.165) is 16.6 Å². The van der Waals surface area contributed by atoms with Gasteiger partial charge in [-0.2, -0.15) is 5.10 Å². The molecule has 0 fully saturated rings. The van der Waals surface area contributed by atoms with E-state index >= 15 is 0 Å². The number of nitrogens with one attached hydrogen (secondary N) is 1. The lowest BCUT2D eigenvalue weighted by Crippen LogP contribution is -2.19. The van der Waals surface area contributed by atoms with Crippen LogP contribution in [0.4, 0.5) is 5.69 Å². The fourth-order valence-corrected chi connectivity index (χ4v) is 2.82. The van der Waals surface area contributed by atoms with Gasteiger partial charge in [-0.15, -0.1) is 0 Å². The second-order valence-corrected chi connectivity index (χ2v) is 5.82. The van der Waals surface area contributed by atoms with Crippen molar-refractivity contribution in [3.05, 3.63) is 70.4 Å². The second-order valence-electron chi connectivity index (χ2n) is 5.82. The number of carbonyl (C=O) groups is 1. The zero-order chi connectivity index (χ0) is 17.6. The third-order valence-electron chi connectivity index (χ3n) is 4.22. The standard InChI is InChI=1S/C18H15N5O2/c1-11-7-8-19-10-13(11)20-17(24)12-9-16-18(25)22(2)14-5-3-4-6-15(14)23(16)21-12/h3-10H,1-2H3,(H,20,24). The molecular weight excluding hydrogens is 318 g/mol. The normalized spacial score (nSPS) is 11.1. The summed E-state index contributed by atoms with van der Waals surface area (Å²) in [5, 5.41) is 7.12. The number of para-hydroxylation sites is 2. The van der Waals surface area contributed by atoms with Gasteiger partial charge in [0.1, 0.15) is 5.52 Å². The first-order valence-electron chi connectivity index (χ1n) is 7.76. The lowest BCUT2D eigenvalue weighted by molar-refractivity contribution is 0.102. The van der Waals surface area contributed by atoms with Crippen molar-refractivity contribution in [3.8, 4) is 0 Å². The first-order valence-corrected chi connectivity index (χ1v) is 7.76. The number of amides is 1. The van der Waals surface area contributed by atoms with Crippen molar-refractivity contribution in [3.63, 3.8) is 0 Å². The van der Waals surface area contributed by atoms with Gasteiger partial charge in [0.2, 0.25) is 0 Å². The molecule has 0 unspecified atom stereocenters. The van der Waals surface area contributed by atoms with E-state index in [2.05, 4.69) is 15.4 Å². The van der Waals surface area contributed by atoms with Crippen LogP contribution in [0.1, 0.15) is 16.1 Å². The lowest BCUT2D eigenvalue weighted by atomic mass is 10.2. The Bertz CT molecular complexity index is 1190. The molecule has 0 aliphatic carbocycles. The van der Waals surface area contributed by atoms with E-state index in [1.54, 1.807) is 24.0 Å². The third-order valence-corrected chi connectivity index (χ3v) is 4.22. The maximum Gasteiger partial charge on any atom is 0.276 e. The monoisotopic (exact) mass is 333 g/mol. The fraction of sp³-hybridized carbons (Fsp3) is 0.111. The van der Waals surface area contributed by atoms with Gasteiger partial charge in [0.15, 0.2) is 5.69 Å². The number of rotatable bonds is 2. The van der Waals surface area contributed by atoms with E-state index in [9.17, 15) is 9.59 Å². The number of hydrogen-bond acceptors (Lipinski definition) is 4. The number of aromatic nitrogens is 4. The van der Waals surface area contributed by atoms with Crippen LogP contribution in [0.15, 0.2) is 53.6 Å². The number of anilines is 1. The summed E-state index contributed by atoms with van der Waals surface area (Å²) in [6.45, 7) is 1.88. The average Bonchev–Trinajstić information content (AvgIpc) is 3.07. The second kappa shape index (κ2) is 5.55. The minimum Gasteiger partial charge on any atom is -0.319 e. The maximum absolute atomic E-state index is 12.6. The summed E-state index contributed by atoms with van der Waals surface area (Å²) in [7, 11) is 1.70. The van der Waals surface area contributed by atoms with Gasteiger partial charge in [-0.25, -0.2) is 4.52 Å². The van der Waals surface area contributed by atoms with Crippen molar-refractivity contribution in [2.45, 2.75) is 6.92 Å². The molecule has 0 saturated heterocycles. The van der Waals surface area contributed by atoms with Gasteiger partial charge in [0.25, 0.3) is 11.5 Å². The van der Waals surface area contributed by atoms with E-state index in [1.165, 1.54) is 10.6 Å². The summed E-state index contributed by atoms with van der Waals surface area (Å²) < 4.78 is 3.07. The van der Waals surface area contributed by atoms with Crippen molar-refractivity contribution < 1.29 is 4.79 Å². The summed E-state index contributed by atoms with van der Waals surface area (Å²) in [4.78, 5) is 29.1.